The third-order valence-corrected chi connectivity index (χ3v) is 2.87. The molecule has 1 N–H and O–H groups in total. The van der Waals surface area contributed by atoms with E-state index in [9.17, 15) is 22.8 Å². The van der Waals surface area contributed by atoms with Crippen LogP contribution in [0.2, 0.25) is 0 Å². The largest absolute Gasteiger partial charge is 0.481 e. The van der Waals surface area contributed by atoms with Gasteiger partial charge in [-0.05, 0) is 27.2 Å². The Kier molecular flexibility index (Phi) is 3.75. The number of halogens is 3. The van der Waals surface area contributed by atoms with Crippen LogP contribution < -0.4 is 0 Å². The zero-order valence-electron chi connectivity index (χ0n) is 10.9. The fraction of sp³-hybridized carbons (Fsp3) is 0.818. The number of nitrogens with zero attached hydrogens (tertiary/aromatic N) is 1. The molecule has 1 unspecified atom stereocenters. The summed E-state index contributed by atoms with van der Waals surface area (Å²) < 4.78 is 43.6. The van der Waals surface area contributed by atoms with Crippen LogP contribution in [0.15, 0.2) is 0 Å². The average molecular weight is 283 g/mol. The Hall–Kier alpha value is -1.47. The highest BCUT2D eigenvalue weighted by Gasteiger charge is 2.64. The molecule has 1 atom stereocenters. The van der Waals surface area contributed by atoms with Crippen molar-refractivity contribution in [3.8, 4) is 0 Å². The second kappa shape index (κ2) is 4.57. The van der Waals surface area contributed by atoms with Gasteiger partial charge in [0, 0.05) is 13.1 Å². The van der Waals surface area contributed by atoms with Crippen molar-refractivity contribution in [2.75, 3.05) is 13.1 Å². The molecule has 1 aliphatic heterocycles. The number of ether oxygens (including phenoxy) is 1. The number of carbonyl (C=O) groups is 2. The molecule has 0 bridgehead atoms. The van der Waals surface area contributed by atoms with Crippen LogP contribution in [0.1, 0.15) is 27.2 Å². The minimum absolute atomic E-state index is 0.291. The molecule has 1 fully saturated rings. The molecule has 0 aliphatic carbocycles. The molecule has 19 heavy (non-hydrogen) atoms. The summed E-state index contributed by atoms with van der Waals surface area (Å²) in [4.78, 5) is 23.4. The van der Waals surface area contributed by atoms with E-state index in [1.165, 1.54) is 0 Å². The zero-order chi connectivity index (χ0) is 15.1. The Labute approximate surface area is 108 Å². The number of hydrogen-bond donors (Lipinski definition) is 1. The molecule has 0 aromatic carbocycles. The lowest BCUT2D eigenvalue weighted by Gasteiger charge is -2.28. The number of aliphatic carboxylic acids is 1. The van der Waals surface area contributed by atoms with Crippen LogP contribution in [0.5, 0.6) is 0 Å². The molecule has 0 spiro atoms. The molecule has 0 aromatic rings. The average Bonchev–Trinajstić information content (AvgIpc) is 2.58. The third-order valence-electron chi connectivity index (χ3n) is 2.87. The van der Waals surface area contributed by atoms with Gasteiger partial charge in [-0.25, -0.2) is 4.79 Å². The second-order valence-corrected chi connectivity index (χ2v) is 5.54. The lowest BCUT2D eigenvalue weighted by Crippen LogP contribution is -2.48. The van der Waals surface area contributed by atoms with Crippen molar-refractivity contribution in [3.05, 3.63) is 0 Å². The van der Waals surface area contributed by atoms with E-state index < -0.39 is 42.2 Å². The Morgan fingerprint density at radius 1 is 1.26 bits per heavy atom. The topological polar surface area (TPSA) is 66.8 Å². The molecule has 0 aromatic heterocycles. The Morgan fingerprint density at radius 2 is 1.79 bits per heavy atom. The van der Waals surface area contributed by atoms with Crippen molar-refractivity contribution < 1.29 is 32.6 Å². The highest BCUT2D eigenvalue weighted by molar-refractivity contribution is 5.79. The number of hydrogen-bond acceptors (Lipinski definition) is 3. The molecule has 110 valence electrons. The van der Waals surface area contributed by atoms with Crippen molar-refractivity contribution in [2.45, 2.75) is 39.0 Å². The minimum atomic E-state index is -4.91. The van der Waals surface area contributed by atoms with Crippen LogP contribution >= 0.6 is 0 Å². The summed E-state index contributed by atoms with van der Waals surface area (Å²) in [6, 6.07) is 0. The van der Waals surface area contributed by atoms with Crippen molar-refractivity contribution in [1.82, 2.24) is 4.90 Å². The van der Waals surface area contributed by atoms with Gasteiger partial charge in [0.1, 0.15) is 5.60 Å². The maximum atomic E-state index is 12.9. The van der Waals surface area contributed by atoms with E-state index in [-0.39, 0.29) is 6.54 Å². The molecule has 1 rings (SSSR count). The second-order valence-electron chi connectivity index (χ2n) is 5.54. The van der Waals surface area contributed by atoms with Gasteiger partial charge in [0.05, 0.1) is 0 Å². The van der Waals surface area contributed by atoms with Crippen molar-refractivity contribution in [2.24, 2.45) is 5.41 Å². The van der Waals surface area contributed by atoms with Crippen LogP contribution in [0.3, 0.4) is 0 Å². The Bertz CT molecular complexity index is 388. The van der Waals surface area contributed by atoms with E-state index in [0.29, 0.717) is 0 Å². The summed E-state index contributed by atoms with van der Waals surface area (Å²) in [5, 5.41) is 8.83. The summed E-state index contributed by atoms with van der Waals surface area (Å²) in [6.45, 7) is 3.53. The first-order valence-electron chi connectivity index (χ1n) is 5.67. The van der Waals surface area contributed by atoms with E-state index in [1.54, 1.807) is 20.8 Å². The summed E-state index contributed by atoms with van der Waals surface area (Å²) in [6.07, 6.45) is -6.50. The minimum Gasteiger partial charge on any atom is -0.481 e. The van der Waals surface area contributed by atoms with Gasteiger partial charge in [-0.15, -0.1) is 0 Å². The smallest absolute Gasteiger partial charge is 0.410 e. The van der Waals surface area contributed by atoms with Crippen molar-refractivity contribution in [3.63, 3.8) is 0 Å². The molecular weight excluding hydrogens is 267 g/mol. The summed E-state index contributed by atoms with van der Waals surface area (Å²) in [5.41, 5.74) is -3.74. The number of carbonyl (C=O) groups excluding carboxylic acids is 1. The molecule has 1 amide bonds. The van der Waals surface area contributed by atoms with E-state index >= 15 is 0 Å². The fourth-order valence-electron chi connectivity index (χ4n) is 1.82. The van der Waals surface area contributed by atoms with E-state index in [0.717, 1.165) is 4.90 Å². The predicted molar refractivity (Wildman–Crippen MR) is 58.5 cm³/mol. The predicted octanol–water partition coefficient (Wildman–Crippen LogP) is 2.26. The molecule has 1 saturated heterocycles. The van der Waals surface area contributed by atoms with Gasteiger partial charge >= 0.3 is 18.2 Å². The SMILES string of the molecule is CC(C)(C)OC(=O)N1CCC(C(=O)O)(C(F)(F)F)C1. The first-order chi connectivity index (χ1) is 8.39. The van der Waals surface area contributed by atoms with Crippen molar-refractivity contribution >= 4 is 12.1 Å². The lowest BCUT2D eigenvalue weighted by molar-refractivity contribution is -0.227. The van der Waals surface area contributed by atoms with Crippen LogP contribution in [0, 0.1) is 5.41 Å². The maximum absolute atomic E-state index is 12.9. The fourth-order valence-corrected chi connectivity index (χ4v) is 1.82. The first-order valence-corrected chi connectivity index (χ1v) is 5.67. The summed E-state index contributed by atoms with van der Waals surface area (Å²) >= 11 is 0. The van der Waals surface area contributed by atoms with Gasteiger partial charge in [0.25, 0.3) is 0 Å². The highest BCUT2D eigenvalue weighted by atomic mass is 19.4. The highest BCUT2D eigenvalue weighted by Crippen LogP contribution is 2.45. The van der Waals surface area contributed by atoms with Gasteiger partial charge in [0.15, 0.2) is 5.41 Å². The molecule has 1 heterocycles. The number of likely N-dealkylation sites (tertiary alicyclic amines) is 1. The van der Waals surface area contributed by atoms with Crippen LogP contribution in [0.4, 0.5) is 18.0 Å². The molecule has 8 heteroatoms. The van der Waals surface area contributed by atoms with E-state index in [4.69, 9.17) is 9.84 Å². The first kappa shape index (κ1) is 15.6. The lowest BCUT2D eigenvalue weighted by atomic mass is 9.86. The zero-order valence-corrected chi connectivity index (χ0v) is 10.9. The van der Waals surface area contributed by atoms with Gasteiger partial charge < -0.3 is 14.7 Å². The number of carboxylic acid groups (broad SMARTS) is 1. The number of amides is 1. The number of carboxylic acids is 1. The molecule has 1 aliphatic rings. The normalized spacial score (nSPS) is 24.4. The van der Waals surface area contributed by atoms with Gasteiger partial charge in [-0.3, -0.25) is 4.79 Å². The molecule has 5 nitrogen and oxygen atoms in total. The van der Waals surface area contributed by atoms with E-state index in [2.05, 4.69) is 0 Å². The van der Waals surface area contributed by atoms with E-state index in [1.807, 2.05) is 0 Å². The Balaban J connectivity index is 2.87. The number of alkyl halides is 3. The molecular formula is C11H16F3NO4. The monoisotopic (exact) mass is 283 g/mol. The van der Waals surface area contributed by atoms with Crippen LogP contribution in [-0.2, 0) is 9.53 Å². The molecule has 0 radical (unpaired) electrons. The van der Waals surface area contributed by atoms with Gasteiger partial charge in [-0.2, -0.15) is 13.2 Å². The number of rotatable bonds is 1. The van der Waals surface area contributed by atoms with Gasteiger partial charge in [-0.1, -0.05) is 0 Å². The van der Waals surface area contributed by atoms with Crippen LogP contribution in [-0.4, -0.2) is 46.9 Å². The van der Waals surface area contributed by atoms with Crippen molar-refractivity contribution in [1.29, 1.82) is 0 Å². The summed E-state index contributed by atoms with van der Waals surface area (Å²) in [5.74, 6) is -1.97. The molecule has 0 saturated carbocycles. The third kappa shape index (κ3) is 3.10. The Morgan fingerprint density at radius 3 is 2.11 bits per heavy atom. The van der Waals surface area contributed by atoms with Crippen LogP contribution in [0.25, 0.3) is 0 Å². The summed E-state index contributed by atoms with van der Waals surface area (Å²) in [7, 11) is 0. The standard InChI is InChI=1S/C11H16F3NO4/c1-9(2,3)19-8(18)15-5-4-10(6-15,7(16)17)11(12,13)14/h4-6H2,1-3H3,(H,16,17). The maximum Gasteiger partial charge on any atom is 0.410 e. The quantitative estimate of drug-likeness (QED) is 0.801. The van der Waals surface area contributed by atoms with Gasteiger partial charge in [0.2, 0.25) is 0 Å².